The van der Waals surface area contributed by atoms with E-state index in [0.717, 1.165) is 16.1 Å². The second-order valence-corrected chi connectivity index (χ2v) is 6.35. The zero-order valence-corrected chi connectivity index (χ0v) is 14.2. The van der Waals surface area contributed by atoms with Crippen molar-refractivity contribution in [2.75, 3.05) is 5.75 Å². The molecule has 2 aromatic carbocycles. The molecule has 0 radical (unpaired) electrons. The molecule has 0 aliphatic heterocycles. The van der Waals surface area contributed by atoms with E-state index >= 15 is 0 Å². The summed E-state index contributed by atoms with van der Waals surface area (Å²) in [7, 11) is 0. The Hall–Kier alpha value is -2.53. The fraction of sp³-hybridized carbons (Fsp3) is 0.158. The smallest absolute Gasteiger partial charge is 0.316 e. The molecule has 0 aliphatic rings. The minimum Gasteiger partial charge on any atom is -0.460 e. The first-order chi connectivity index (χ1) is 11.7. The van der Waals surface area contributed by atoms with E-state index in [0.29, 0.717) is 5.75 Å². The number of esters is 1. The van der Waals surface area contributed by atoms with E-state index in [2.05, 4.69) is 5.10 Å². The first kappa shape index (κ1) is 16.3. The molecule has 0 saturated heterocycles. The molecule has 24 heavy (non-hydrogen) atoms. The van der Waals surface area contributed by atoms with Crippen LogP contribution in [0.15, 0.2) is 71.9 Å². The van der Waals surface area contributed by atoms with Gasteiger partial charge in [-0.25, -0.2) is 4.68 Å². The van der Waals surface area contributed by atoms with Crippen LogP contribution in [0.5, 0.6) is 0 Å². The zero-order chi connectivity index (χ0) is 16.8. The largest absolute Gasteiger partial charge is 0.460 e. The average molecular weight is 338 g/mol. The molecule has 0 aliphatic carbocycles. The highest BCUT2D eigenvalue weighted by atomic mass is 32.2. The van der Waals surface area contributed by atoms with Gasteiger partial charge in [-0.3, -0.25) is 4.79 Å². The van der Waals surface area contributed by atoms with Crippen LogP contribution < -0.4 is 0 Å². The maximum Gasteiger partial charge on any atom is 0.316 e. The summed E-state index contributed by atoms with van der Waals surface area (Å²) in [5.74, 6) is 0.107. The van der Waals surface area contributed by atoms with Crippen LogP contribution in [-0.2, 0) is 16.1 Å². The van der Waals surface area contributed by atoms with Crippen molar-refractivity contribution in [3.63, 3.8) is 0 Å². The predicted molar refractivity (Wildman–Crippen MR) is 95.3 cm³/mol. The molecule has 5 heteroatoms. The molecule has 0 fully saturated rings. The molecule has 0 N–H and O–H groups in total. The van der Waals surface area contributed by atoms with Crippen molar-refractivity contribution in [1.29, 1.82) is 0 Å². The Morgan fingerprint density at radius 2 is 1.92 bits per heavy atom. The summed E-state index contributed by atoms with van der Waals surface area (Å²) in [6.07, 6.45) is 3.62. The van der Waals surface area contributed by atoms with Crippen LogP contribution in [0.2, 0.25) is 0 Å². The van der Waals surface area contributed by atoms with Crippen molar-refractivity contribution in [3.05, 3.63) is 78.1 Å². The van der Waals surface area contributed by atoms with E-state index in [1.807, 2.05) is 67.7 Å². The van der Waals surface area contributed by atoms with Gasteiger partial charge in [-0.05, 0) is 42.3 Å². The van der Waals surface area contributed by atoms with Gasteiger partial charge in [-0.15, -0.1) is 11.8 Å². The zero-order valence-electron chi connectivity index (χ0n) is 13.4. The van der Waals surface area contributed by atoms with Gasteiger partial charge in [0.2, 0.25) is 0 Å². The lowest BCUT2D eigenvalue weighted by molar-refractivity contribution is -0.141. The number of ether oxygens (including phenoxy) is 1. The number of thioether (sulfide) groups is 1. The molecule has 0 atom stereocenters. The number of benzene rings is 2. The highest BCUT2D eigenvalue weighted by Crippen LogP contribution is 2.21. The second kappa shape index (κ2) is 7.84. The van der Waals surface area contributed by atoms with E-state index in [-0.39, 0.29) is 12.6 Å². The summed E-state index contributed by atoms with van der Waals surface area (Å²) in [4.78, 5) is 13.0. The van der Waals surface area contributed by atoms with Crippen LogP contribution in [0.3, 0.4) is 0 Å². The van der Waals surface area contributed by atoms with Crippen LogP contribution in [0.4, 0.5) is 0 Å². The summed E-state index contributed by atoms with van der Waals surface area (Å²) < 4.78 is 7.12. The SMILES string of the molecule is Cc1ccccc1SCC(=O)OCc1ccc(-n2cccn2)cc1. The topological polar surface area (TPSA) is 44.1 Å². The molecule has 0 amide bonds. The molecule has 1 aromatic heterocycles. The first-order valence-corrected chi connectivity index (χ1v) is 8.64. The third-order valence-corrected chi connectivity index (χ3v) is 4.69. The Labute approximate surface area is 145 Å². The number of carbonyl (C=O) groups excluding carboxylic acids is 1. The number of hydrogen-bond donors (Lipinski definition) is 0. The van der Waals surface area contributed by atoms with Gasteiger partial charge < -0.3 is 4.74 Å². The van der Waals surface area contributed by atoms with Crippen LogP contribution >= 0.6 is 11.8 Å². The lowest BCUT2D eigenvalue weighted by Crippen LogP contribution is -2.07. The van der Waals surface area contributed by atoms with Gasteiger partial charge in [0.1, 0.15) is 6.61 Å². The van der Waals surface area contributed by atoms with Crippen LogP contribution in [-0.4, -0.2) is 21.5 Å². The fourth-order valence-corrected chi connectivity index (χ4v) is 3.05. The van der Waals surface area contributed by atoms with Gasteiger partial charge in [0.15, 0.2) is 0 Å². The minimum atomic E-state index is -0.209. The van der Waals surface area contributed by atoms with Crippen molar-refractivity contribution >= 4 is 17.7 Å². The third kappa shape index (κ3) is 4.26. The molecular formula is C19H18N2O2S. The average Bonchev–Trinajstić information content (AvgIpc) is 3.14. The van der Waals surface area contributed by atoms with E-state index in [1.165, 1.54) is 17.3 Å². The van der Waals surface area contributed by atoms with Gasteiger partial charge in [0.25, 0.3) is 0 Å². The number of aryl methyl sites for hydroxylation is 1. The molecule has 1 heterocycles. The lowest BCUT2D eigenvalue weighted by Gasteiger charge is -2.07. The highest BCUT2D eigenvalue weighted by Gasteiger charge is 2.06. The molecule has 3 aromatic rings. The van der Waals surface area contributed by atoms with Gasteiger partial charge in [-0.1, -0.05) is 30.3 Å². The third-order valence-electron chi connectivity index (χ3n) is 3.54. The Kier molecular flexibility index (Phi) is 5.33. The molecule has 0 bridgehead atoms. The lowest BCUT2D eigenvalue weighted by atomic mass is 10.2. The van der Waals surface area contributed by atoms with E-state index in [4.69, 9.17) is 4.74 Å². The number of nitrogens with zero attached hydrogens (tertiary/aromatic N) is 2. The van der Waals surface area contributed by atoms with Crippen molar-refractivity contribution in [2.24, 2.45) is 0 Å². The van der Waals surface area contributed by atoms with Crippen molar-refractivity contribution in [1.82, 2.24) is 9.78 Å². The quantitative estimate of drug-likeness (QED) is 0.503. The number of hydrogen-bond acceptors (Lipinski definition) is 4. The van der Waals surface area contributed by atoms with Gasteiger partial charge in [-0.2, -0.15) is 5.10 Å². The van der Waals surface area contributed by atoms with Crippen LogP contribution in [0.25, 0.3) is 5.69 Å². The molecular weight excluding hydrogens is 320 g/mol. The summed E-state index contributed by atoms with van der Waals surface area (Å²) >= 11 is 1.50. The molecule has 0 saturated carbocycles. The van der Waals surface area contributed by atoms with Crippen molar-refractivity contribution < 1.29 is 9.53 Å². The standard InChI is InChI=1S/C19H18N2O2S/c1-15-5-2-3-6-18(15)24-14-19(22)23-13-16-7-9-17(10-8-16)21-12-4-11-20-21/h2-12H,13-14H2,1H3. The Balaban J connectivity index is 1.48. The number of rotatable bonds is 6. The highest BCUT2D eigenvalue weighted by molar-refractivity contribution is 8.00. The Morgan fingerprint density at radius 1 is 1.12 bits per heavy atom. The van der Waals surface area contributed by atoms with E-state index in [1.54, 1.807) is 10.9 Å². The molecule has 3 rings (SSSR count). The van der Waals surface area contributed by atoms with Crippen LogP contribution in [0.1, 0.15) is 11.1 Å². The summed E-state index contributed by atoms with van der Waals surface area (Å²) in [5.41, 5.74) is 3.11. The van der Waals surface area contributed by atoms with Crippen molar-refractivity contribution in [3.8, 4) is 5.69 Å². The van der Waals surface area contributed by atoms with E-state index < -0.39 is 0 Å². The number of aromatic nitrogens is 2. The molecule has 0 spiro atoms. The summed E-state index contributed by atoms with van der Waals surface area (Å²) in [6.45, 7) is 2.32. The Morgan fingerprint density at radius 3 is 2.62 bits per heavy atom. The summed E-state index contributed by atoms with van der Waals surface area (Å²) in [5, 5.41) is 4.18. The first-order valence-electron chi connectivity index (χ1n) is 7.65. The molecule has 0 unspecified atom stereocenters. The predicted octanol–water partition coefficient (Wildman–Crippen LogP) is 4.02. The number of carbonyl (C=O) groups is 1. The van der Waals surface area contributed by atoms with Crippen molar-refractivity contribution in [2.45, 2.75) is 18.4 Å². The van der Waals surface area contributed by atoms with Gasteiger partial charge in [0, 0.05) is 17.3 Å². The maximum atomic E-state index is 11.9. The van der Waals surface area contributed by atoms with E-state index in [9.17, 15) is 4.79 Å². The minimum absolute atomic E-state index is 0.209. The Bertz CT molecular complexity index is 798. The molecule has 4 nitrogen and oxygen atoms in total. The second-order valence-electron chi connectivity index (χ2n) is 5.33. The van der Waals surface area contributed by atoms with Gasteiger partial charge >= 0.3 is 5.97 Å². The monoisotopic (exact) mass is 338 g/mol. The maximum absolute atomic E-state index is 11.9. The molecule has 122 valence electrons. The van der Waals surface area contributed by atoms with Gasteiger partial charge in [0.05, 0.1) is 11.4 Å². The van der Waals surface area contributed by atoms with Crippen LogP contribution in [0, 0.1) is 6.92 Å². The normalized spacial score (nSPS) is 10.5. The fourth-order valence-electron chi connectivity index (χ4n) is 2.23. The summed E-state index contributed by atoms with van der Waals surface area (Å²) in [6, 6.07) is 17.7.